The summed E-state index contributed by atoms with van der Waals surface area (Å²) in [6.45, 7) is 0. The van der Waals surface area contributed by atoms with E-state index >= 15 is 0 Å². The molecule has 2 fully saturated rings. The summed E-state index contributed by atoms with van der Waals surface area (Å²) in [6, 6.07) is 0.412. The van der Waals surface area contributed by atoms with Gasteiger partial charge >= 0.3 is 5.97 Å². The molecule has 2 atom stereocenters. The number of carboxylic acid groups (broad SMARTS) is 1. The van der Waals surface area contributed by atoms with E-state index in [0.717, 1.165) is 24.4 Å². The molecule has 7 heteroatoms. The van der Waals surface area contributed by atoms with Crippen LogP contribution in [-0.2, 0) is 11.8 Å². The Balaban J connectivity index is 1.67. The molecule has 19 heavy (non-hydrogen) atoms. The number of carbonyl (C=O) groups is 1. The predicted molar refractivity (Wildman–Crippen MR) is 71.0 cm³/mol. The monoisotopic (exact) mass is 282 g/mol. The van der Waals surface area contributed by atoms with E-state index in [4.69, 9.17) is 0 Å². The molecule has 2 aliphatic rings. The summed E-state index contributed by atoms with van der Waals surface area (Å²) >= 11 is 1.64. The van der Waals surface area contributed by atoms with Gasteiger partial charge in [-0.1, -0.05) is 11.8 Å². The van der Waals surface area contributed by atoms with Crippen molar-refractivity contribution in [2.24, 2.45) is 7.05 Å². The number of aromatic nitrogens is 3. The Kier molecular flexibility index (Phi) is 3.26. The number of aryl methyl sites for hydroxylation is 1. The van der Waals surface area contributed by atoms with E-state index in [9.17, 15) is 9.90 Å². The highest BCUT2D eigenvalue weighted by molar-refractivity contribution is 7.99. The SMILES string of the molecule is Cn1ncnc1SC1CCC(NC2CC2)(C(=O)O)C1. The maximum Gasteiger partial charge on any atom is 0.323 e. The van der Waals surface area contributed by atoms with Crippen molar-refractivity contribution in [3.05, 3.63) is 6.33 Å². The Labute approximate surface area is 116 Å². The first kappa shape index (κ1) is 12.9. The highest BCUT2D eigenvalue weighted by atomic mass is 32.2. The third kappa shape index (κ3) is 2.62. The standard InChI is InChI=1S/C12H18N4O2S/c1-16-11(13-7-14-16)19-9-4-5-12(6-9,10(17)18)15-8-2-3-8/h7-9,15H,2-6H2,1H3,(H,17,18). The molecule has 0 aliphatic heterocycles. The van der Waals surface area contributed by atoms with Gasteiger partial charge in [0.05, 0.1) is 0 Å². The first-order valence-electron chi connectivity index (χ1n) is 6.61. The fraction of sp³-hybridized carbons (Fsp3) is 0.750. The molecule has 0 radical (unpaired) electrons. The summed E-state index contributed by atoms with van der Waals surface area (Å²) in [5.41, 5.74) is -0.725. The van der Waals surface area contributed by atoms with E-state index in [-0.39, 0.29) is 0 Å². The Morgan fingerprint density at radius 2 is 2.37 bits per heavy atom. The van der Waals surface area contributed by atoms with Gasteiger partial charge in [0.1, 0.15) is 11.9 Å². The maximum atomic E-state index is 11.6. The minimum atomic E-state index is -0.725. The van der Waals surface area contributed by atoms with Crippen LogP contribution in [-0.4, -0.2) is 42.7 Å². The van der Waals surface area contributed by atoms with Crippen molar-refractivity contribution in [3.63, 3.8) is 0 Å². The first-order chi connectivity index (χ1) is 9.09. The van der Waals surface area contributed by atoms with Crippen molar-refractivity contribution in [1.29, 1.82) is 0 Å². The molecule has 2 N–H and O–H groups in total. The van der Waals surface area contributed by atoms with E-state index in [1.54, 1.807) is 16.4 Å². The number of hydrogen-bond donors (Lipinski definition) is 2. The van der Waals surface area contributed by atoms with Gasteiger partial charge in [0.15, 0.2) is 5.16 Å². The van der Waals surface area contributed by atoms with Crippen LogP contribution in [0, 0.1) is 0 Å². The second-order valence-corrected chi connectivity index (χ2v) is 6.72. The van der Waals surface area contributed by atoms with Crippen LogP contribution in [0.25, 0.3) is 0 Å². The van der Waals surface area contributed by atoms with E-state index in [0.29, 0.717) is 24.1 Å². The van der Waals surface area contributed by atoms with Crippen molar-refractivity contribution in [2.75, 3.05) is 0 Å². The van der Waals surface area contributed by atoms with Crippen molar-refractivity contribution in [2.45, 2.75) is 54.1 Å². The minimum Gasteiger partial charge on any atom is -0.480 e. The number of thioether (sulfide) groups is 1. The van der Waals surface area contributed by atoms with Gasteiger partial charge in [0.25, 0.3) is 0 Å². The van der Waals surface area contributed by atoms with E-state index in [2.05, 4.69) is 15.4 Å². The molecule has 6 nitrogen and oxygen atoms in total. The van der Waals surface area contributed by atoms with Gasteiger partial charge < -0.3 is 5.11 Å². The molecule has 104 valence electrons. The first-order valence-corrected chi connectivity index (χ1v) is 7.49. The van der Waals surface area contributed by atoms with Gasteiger partial charge in [-0.25, -0.2) is 9.67 Å². The van der Waals surface area contributed by atoms with Gasteiger partial charge in [-0.2, -0.15) is 5.10 Å². The molecule has 1 heterocycles. The second-order valence-electron chi connectivity index (χ2n) is 5.45. The van der Waals surface area contributed by atoms with Crippen LogP contribution in [0.3, 0.4) is 0 Å². The number of nitrogens with one attached hydrogen (secondary N) is 1. The van der Waals surface area contributed by atoms with Gasteiger partial charge in [-0.15, -0.1) is 0 Å². The average molecular weight is 282 g/mol. The van der Waals surface area contributed by atoms with Crippen molar-refractivity contribution < 1.29 is 9.90 Å². The van der Waals surface area contributed by atoms with Crippen LogP contribution in [0.1, 0.15) is 32.1 Å². The molecule has 0 aromatic carbocycles. The number of rotatable bonds is 5. The van der Waals surface area contributed by atoms with E-state index in [1.165, 1.54) is 6.33 Å². The lowest BCUT2D eigenvalue weighted by Gasteiger charge is -2.25. The summed E-state index contributed by atoms with van der Waals surface area (Å²) in [6.07, 6.45) is 6.02. The summed E-state index contributed by atoms with van der Waals surface area (Å²) in [4.78, 5) is 15.8. The molecule has 0 spiro atoms. The van der Waals surface area contributed by atoms with Crippen LogP contribution in [0.15, 0.2) is 11.5 Å². The molecule has 1 aromatic heterocycles. The lowest BCUT2D eigenvalue weighted by molar-refractivity contribution is -0.144. The van der Waals surface area contributed by atoms with Crippen LogP contribution in [0.5, 0.6) is 0 Å². The Morgan fingerprint density at radius 3 is 2.95 bits per heavy atom. The summed E-state index contributed by atoms with van der Waals surface area (Å²) in [5, 5.41) is 18.1. The number of nitrogens with zero attached hydrogens (tertiary/aromatic N) is 3. The topological polar surface area (TPSA) is 80.0 Å². The fourth-order valence-electron chi connectivity index (χ4n) is 2.65. The molecule has 1 aromatic rings. The smallest absolute Gasteiger partial charge is 0.323 e. The van der Waals surface area contributed by atoms with Crippen LogP contribution in [0.4, 0.5) is 0 Å². The highest BCUT2D eigenvalue weighted by Gasteiger charge is 2.48. The van der Waals surface area contributed by atoms with Crippen molar-refractivity contribution >= 4 is 17.7 Å². The van der Waals surface area contributed by atoms with Crippen LogP contribution < -0.4 is 5.32 Å². The second kappa shape index (κ2) is 4.79. The van der Waals surface area contributed by atoms with Crippen LogP contribution >= 0.6 is 11.8 Å². The third-order valence-electron chi connectivity index (χ3n) is 3.88. The van der Waals surface area contributed by atoms with Crippen molar-refractivity contribution in [3.8, 4) is 0 Å². The third-order valence-corrected chi connectivity index (χ3v) is 5.19. The molecule has 0 saturated heterocycles. The molecule has 2 aliphatic carbocycles. The summed E-state index contributed by atoms with van der Waals surface area (Å²) in [5.74, 6) is -0.708. The van der Waals surface area contributed by atoms with Gasteiger partial charge in [0, 0.05) is 18.3 Å². The quantitative estimate of drug-likeness (QED) is 0.840. The van der Waals surface area contributed by atoms with Crippen LogP contribution in [0.2, 0.25) is 0 Å². The maximum absolute atomic E-state index is 11.6. The number of hydrogen-bond acceptors (Lipinski definition) is 5. The Hall–Kier alpha value is -1.08. The molecule has 3 rings (SSSR count). The van der Waals surface area contributed by atoms with Gasteiger partial charge in [0.2, 0.25) is 0 Å². The van der Waals surface area contributed by atoms with E-state index < -0.39 is 11.5 Å². The van der Waals surface area contributed by atoms with Crippen molar-refractivity contribution in [1.82, 2.24) is 20.1 Å². The zero-order valence-corrected chi connectivity index (χ0v) is 11.7. The summed E-state index contributed by atoms with van der Waals surface area (Å²) in [7, 11) is 1.86. The molecule has 2 saturated carbocycles. The Morgan fingerprint density at radius 1 is 1.58 bits per heavy atom. The van der Waals surface area contributed by atoms with Gasteiger partial charge in [-0.3, -0.25) is 10.1 Å². The highest BCUT2D eigenvalue weighted by Crippen LogP contribution is 2.41. The molecule has 0 amide bonds. The zero-order chi connectivity index (χ0) is 13.5. The predicted octanol–water partition coefficient (Wildman–Crippen LogP) is 1.04. The fourth-order valence-corrected chi connectivity index (χ4v) is 3.86. The number of carboxylic acids is 1. The molecule has 0 bridgehead atoms. The lowest BCUT2D eigenvalue weighted by atomic mass is 9.98. The minimum absolute atomic E-state index is 0.297. The Bertz CT molecular complexity index is 488. The molecular weight excluding hydrogens is 264 g/mol. The zero-order valence-electron chi connectivity index (χ0n) is 10.9. The summed E-state index contributed by atoms with van der Waals surface area (Å²) < 4.78 is 1.74. The van der Waals surface area contributed by atoms with Gasteiger partial charge in [-0.05, 0) is 32.1 Å². The molecular formula is C12H18N4O2S. The average Bonchev–Trinajstić information content (AvgIpc) is 2.93. The number of aliphatic carboxylic acids is 1. The normalized spacial score (nSPS) is 30.7. The molecule has 2 unspecified atom stereocenters. The lowest BCUT2D eigenvalue weighted by Crippen LogP contribution is -2.51. The largest absolute Gasteiger partial charge is 0.480 e. The van der Waals surface area contributed by atoms with E-state index in [1.807, 2.05) is 7.05 Å².